The first-order valence-corrected chi connectivity index (χ1v) is 9.50. The Morgan fingerprint density at radius 1 is 0.935 bits per heavy atom. The molecule has 1 amide bonds. The van der Waals surface area contributed by atoms with Gasteiger partial charge in [-0.15, -0.1) is 0 Å². The highest BCUT2D eigenvalue weighted by Gasteiger charge is 2.21. The van der Waals surface area contributed by atoms with Crippen LogP contribution in [0.3, 0.4) is 0 Å². The number of benzene rings is 2. The van der Waals surface area contributed by atoms with Crippen molar-refractivity contribution in [3.63, 3.8) is 0 Å². The van der Waals surface area contributed by atoms with E-state index in [0.717, 1.165) is 11.3 Å². The van der Waals surface area contributed by atoms with Crippen LogP contribution < -0.4 is 19.5 Å². The zero-order valence-corrected chi connectivity index (χ0v) is 17.5. The van der Waals surface area contributed by atoms with Crippen molar-refractivity contribution in [3.8, 4) is 17.2 Å². The molecule has 0 bridgehead atoms. The number of hydrogen-bond donors (Lipinski definition) is 1. The third kappa shape index (κ3) is 5.36. The van der Waals surface area contributed by atoms with E-state index in [4.69, 9.17) is 23.4 Å². The molecule has 0 spiro atoms. The van der Waals surface area contributed by atoms with Crippen LogP contribution >= 0.6 is 0 Å². The van der Waals surface area contributed by atoms with Crippen molar-refractivity contribution >= 4 is 17.6 Å². The molecule has 0 atom stereocenters. The second-order valence-electron chi connectivity index (χ2n) is 6.43. The standard InChI is InChI=1S/C23H23NO7/c1-15-7-4-5-8-18(15)30-11-12-31-23(26)16-13-20(27-2)21(28-3)14-17(16)24-22(25)19-9-6-10-29-19/h4-10,13-14H,11-12H2,1-3H3,(H,24,25). The number of ether oxygens (including phenoxy) is 4. The fraction of sp³-hybridized carbons (Fsp3) is 0.217. The predicted octanol–water partition coefficient (Wildman–Crippen LogP) is 4.09. The number of hydrogen-bond acceptors (Lipinski definition) is 7. The van der Waals surface area contributed by atoms with Crippen LogP contribution in [-0.4, -0.2) is 39.3 Å². The molecule has 1 N–H and O–H groups in total. The van der Waals surface area contributed by atoms with E-state index >= 15 is 0 Å². The number of amides is 1. The SMILES string of the molecule is COc1cc(NC(=O)c2ccco2)c(C(=O)OCCOc2ccccc2C)cc1OC. The van der Waals surface area contributed by atoms with E-state index in [2.05, 4.69) is 5.32 Å². The van der Waals surface area contributed by atoms with Crippen LogP contribution in [-0.2, 0) is 4.74 Å². The third-order valence-electron chi connectivity index (χ3n) is 4.40. The van der Waals surface area contributed by atoms with E-state index in [1.807, 2.05) is 31.2 Å². The Balaban J connectivity index is 1.73. The van der Waals surface area contributed by atoms with Crippen LogP contribution in [0.2, 0.25) is 0 Å². The molecular formula is C23H23NO7. The zero-order chi connectivity index (χ0) is 22.2. The fourth-order valence-electron chi connectivity index (χ4n) is 2.83. The number of rotatable bonds is 9. The normalized spacial score (nSPS) is 10.3. The molecule has 0 saturated carbocycles. The van der Waals surface area contributed by atoms with Crippen molar-refractivity contribution in [1.29, 1.82) is 0 Å². The van der Waals surface area contributed by atoms with Crippen LogP contribution in [0, 0.1) is 6.92 Å². The first kappa shape index (κ1) is 21.8. The van der Waals surface area contributed by atoms with Crippen LogP contribution in [0.25, 0.3) is 0 Å². The summed E-state index contributed by atoms with van der Waals surface area (Å²) in [6.45, 7) is 2.13. The summed E-state index contributed by atoms with van der Waals surface area (Å²) < 4.78 is 26.6. The lowest BCUT2D eigenvalue weighted by molar-refractivity contribution is 0.0451. The number of anilines is 1. The lowest BCUT2D eigenvalue weighted by atomic mass is 10.1. The van der Waals surface area contributed by atoms with Crippen LogP contribution in [0.4, 0.5) is 5.69 Å². The fourth-order valence-corrected chi connectivity index (χ4v) is 2.83. The molecule has 0 saturated heterocycles. The third-order valence-corrected chi connectivity index (χ3v) is 4.40. The first-order chi connectivity index (χ1) is 15.0. The minimum absolute atomic E-state index is 0.0209. The number of carbonyl (C=O) groups is 2. The van der Waals surface area contributed by atoms with Gasteiger partial charge in [0.05, 0.1) is 31.7 Å². The van der Waals surface area contributed by atoms with Gasteiger partial charge in [-0.3, -0.25) is 4.79 Å². The number of esters is 1. The number of para-hydroxylation sites is 1. The van der Waals surface area contributed by atoms with Gasteiger partial charge in [0.1, 0.15) is 19.0 Å². The summed E-state index contributed by atoms with van der Waals surface area (Å²) >= 11 is 0. The molecule has 0 fully saturated rings. The van der Waals surface area contributed by atoms with Crippen LogP contribution in [0.1, 0.15) is 26.5 Å². The quantitative estimate of drug-likeness (QED) is 0.407. The van der Waals surface area contributed by atoms with Crippen LogP contribution in [0.5, 0.6) is 17.2 Å². The van der Waals surface area contributed by atoms with E-state index in [1.54, 1.807) is 6.07 Å². The average molecular weight is 425 g/mol. The van der Waals surface area contributed by atoms with E-state index in [0.29, 0.717) is 11.5 Å². The van der Waals surface area contributed by atoms with Crippen LogP contribution in [0.15, 0.2) is 59.2 Å². The average Bonchev–Trinajstić information content (AvgIpc) is 3.32. The molecule has 31 heavy (non-hydrogen) atoms. The van der Waals surface area contributed by atoms with Gasteiger partial charge in [0, 0.05) is 12.1 Å². The molecule has 3 rings (SSSR count). The highest BCUT2D eigenvalue weighted by atomic mass is 16.6. The summed E-state index contributed by atoms with van der Waals surface area (Å²) in [7, 11) is 2.90. The number of aryl methyl sites for hydroxylation is 1. The van der Waals surface area contributed by atoms with Crippen molar-refractivity contribution < 1.29 is 33.0 Å². The Bertz CT molecular complexity index is 1040. The van der Waals surface area contributed by atoms with E-state index in [9.17, 15) is 9.59 Å². The van der Waals surface area contributed by atoms with Gasteiger partial charge in [0.25, 0.3) is 5.91 Å². The molecule has 3 aromatic rings. The maximum Gasteiger partial charge on any atom is 0.340 e. The Kier molecular flexibility index (Phi) is 7.16. The maximum atomic E-state index is 12.7. The topological polar surface area (TPSA) is 96.2 Å². The molecule has 0 aliphatic carbocycles. The molecule has 1 heterocycles. The van der Waals surface area contributed by atoms with Crippen molar-refractivity contribution in [2.24, 2.45) is 0 Å². The van der Waals surface area contributed by atoms with Gasteiger partial charge >= 0.3 is 5.97 Å². The minimum atomic E-state index is -0.649. The van der Waals surface area contributed by atoms with Crippen molar-refractivity contribution in [2.75, 3.05) is 32.8 Å². The van der Waals surface area contributed by atoms with Gasteiger partial charge in [-0.2, -0.15) is 0 Å². The van der Waals surface area contributed by atoms with E-state index in [-0.39, 0.29) is 30.2 Å². The highest BCUT2D eigenvalue weighted by molar-refractivity contribution is 6.07. The molecule has 0 radical (unpaired) electrons. The molecule has 2 aromatic carbocycles. The Labute approximate surface area is 179 Å². The molecule has 1 aromatic heterocycles. The Hall–Kier alpha value is -3.94. The lowest BCUT2D eigenvalue weighted by Crippen LogP contribution is -2.17. The number of furan rings is 1. The molecule has 0 aliphatic heterocycles. The van der Waals surface area contributed by atoms with Crippen molar-refractivity contribution in [3.05, 3.63) is 71.7 Å². The summed E-state index contributed by atoms with van der Waals surface area (Å²) in [6, 6.07) is 13.6. The smallest absolute Gasteiger partial charge is 0.340 e. The van der Waals surface area contributed by atoms with Gasteiger partial charge in [-0.25, -0.2) is 4.79 Å². The second-order valence-corrected chi connectivity index (χ2v) is 6.43. The summed E-state index contributed by atoms with van der Waals surface area (Å²) in [5.74, 6) is 0.313. The van der Waals surface area contributed by atoms with Gasteiger partial charge in [0.2, 0.25) is 0 Å². The predicted molar refractivity (Wildman–Crippen MR) is 113 cm³/mol. The lowest BCUT2D eigenvalue weighted by Gasteiger charge is -2.15. The van der Waals surface area contributed by atoms with E-state index < -0.39 is 11.9 Å². The number of nitrogens with one attached hydrogen (secondary N) is 1. The van der Waals surface area contributed by atoms with Gasteiger partial charge in [-0.05, 0) is 30.7 Å². The number of methoxy groups -OCH3 is 2. The summed E-state index contributed by atoms with van der Waals surface area (Å²) in [5, 5.41) is 2.64. The summed E-state index contributed by atoms with van der Waals surface area (Å²) in [5.41, 5.74) is 1.29. The van der Waals surface area contributed by atoms with Crippen molar-refractivity contribution in [2.45, 2.75) is 6.92 Å². The summed E-state index contributed by atoms with van der Waals surface area (Å²) in [6.07, 6.45) is 1.38. The first-order valence-electron chi connectivity index (χ1n) is 9.50. The molecule has 0 aliphatic rings. The highest BCUT2D eigenvalue weighted by Crippen LogP contribution is 2.34. The molecule has 0 unspecified atom stereocenters. The van der Waals surface area contributed by atoms with Gasteiger partial charge in [-0.1, -0.05) is 18.2 Å². The minimum Gasteiger partial charge on any atom is -0.493 e. The maximum absolute atomic E-state index is 12.7. The Morgan fingerprint density at radius 3 is 2.35 bits per heavy atom. The Morgan fingerprint density at radius 2 is 1.68 bits per heavy atom. The number of carbonyl (C=O) groups excluding carboxylic acids is 2. The zero-order valence-electron chi connectivity index (χ0n) is 17.5. The molecular weight excluding hydrogens is 402 g/mol. The molecule has 8 heteroatoms. The summed E-state index contributed by atoms with van der Waals surface area (Å²) in [4.78, 5) is 25.1. The van der Waals surface area contributed by atoms with E-state index in [1.165, 1.54) is 38.7 Å². The van der Waals surface area contributed by atoms with Crippen molar-refractivity contribution in [1.82, 2.24) is 0 Å². The van der Waals surface area contributed by atoms with Gasteiger partial charge < -0.3 is 28.7 Å². The second kappa shape index (κ2) is 10.2. The van der Waals surface area contributed by atoms with Gasteiger partial charge in [0.15, 0.2) is 17.3 Å². The largest absolute Gasteiger partial charge is 0.493 e. The molecule has 162 valence electrons. The molecule has 8 nitrogen and oxygen atoms in total. The monoisotopic (exact) mass is 425 g/mol.